The molecule has 224 valence electrons. The lowest BCUT2D eigenvalue weighted by molar-refractivity contribution is -0.114. The molecule has 0 atom stereocenters. The number of amides is 3. The summed E-state index contributed by atoms with van der Waals surface area (Å²) >= 11 is 1.29. The van der Waals surface area contributed by atoms with E-state index in [-0.39, 0.29) is 22.9 Å². The normalized spacial score (nSPS) is 10.8. The van der Waals surface area contributed by atoms with Crippen LogP contribution < -0.4 is 25.4 Å². The summed E-state index contributed by atoms with van der Waals surface area (Å²) in [6.07, 6.45) is 1.51. The van der Waals surface area contributed by atoms with Gasteiger partial charge in [-0.25, -0.2) is 4.79 Å². The second-order valence-electron chi connectivity index (χ2n) is 9.16. The number of nitrogens with one attached hydrogen (secondary N) is 3. The van der Waals surface area contributed by atoms with Crippen LogP contribution in [0.25, 0.3) is 6.08 Å². The van der Waals surface area contributed by atoms with Crippen molar-refractivity contribution in [1.82, 2.24) is 5.32 Å². The number of benzene rings is 4. The summed E-state index contributed by atoms with van der Waals surface area (Å²) in [7, 11) is 2.99. The van der Waals surface area contributed by atoms with E-state index in [0.29, 0.717) is 34.0 Å². The number of carbonyl (C=O) groups is 4. The summed E-state index contributed by atoms with van der Waals surface area (Å²) in [6.45, 7) is 0. The molecule has 0 aliphatic heterocycles. The lowest BCUT2D eigenvalue weighted by atomic mass is 10.1. The van der Waals surface area contributed by atoms with E-state index in [9.17, 15) is 19.2 Å². The first-order valence-corrected chi connectivity index (χ1v) is 14.2. The average Bonchev–Trinajstić information content (AvgIpc) is 3.04. The number of anilines is 2. The van der Waals surface area contributed by atoms with E-state index < -0.39 is 17.8 Å². The van der Waals surface area contributed by atoms with Crippen LogP contribution in [0.4, 0.5) is 11.4 Å². The van der Waals surface area contributed by atoms with Crippen molar-refractivity contribution < 1.29 is 33.8 Å². The molecule has 4 N–H and O–H groups in total. The number of hydrogen-bond donors (Lipinski definition) is 4. The summed E-state index contributed by atoms with van der Waals surface area (Å²) in [4.78, 5) is 50.5. The van der Waals surface area contributed by atoms with Gasteiger partial charge in [0.05, 0.1) is 25.5 Å². The summed E-state index contributed by atoms with van der Waals surface area (Å²) in [5.74, 6) is -1.34. The number of carbonyl (C=O) groups excluding carboxylic acids is 3. The number of methoxy groups -OCH3 is 2. The zero-order valence-corrected chi connectivity index (χ0v) is 24.6. The Labute approximate surface area is 258 Å². The highest BCUT2D eigenvalue weighted by molar-refractivity contribution is 8.00. The average molecular weight is 612 g/mol. The molecule has 11 heteroatoms. The zero-order chi connectivity index (χ0) is 31.5. The van der Waals surface area contributed by atoms with Gasteiger partial charge < -0.3 is 30.5 Å². The van der Waals surface area contributed by atoms with Crippen molar-refractivity contribution in [3.8, 4) is 11.5 Å². The molecule has 0 unspecified atom stereocenters. The molecule has 4 rings (SSSR count). The van der Waals surface area contributed by atoms with Crippen molar-refractivity contribution >= 4 is 52.9 Å². The van der Waals surface area contributed by atoms with Crippen LogP contribution in [-0.2, 0) is 9.59 Å². The number of carboxylic acids is 1. The van der Waals surface area contributed by atoms with Crippen molar-refractivity contribution in [2.45, 2.75) is 4.90 Å². The minimum Gasteiger partial charge on any atom is -0.493 e. The molecule has 0 saturated carbocycles. The fraction of sp³-hybridized carbons (Fsp3) is 0.0909. The predicted octanol–water partition coefficient (Wildman–Crippen LogP) is 5.54. The van der Waals surface area contributed by atoms with Gasteiger partial charge in [0.2, 0.25) is 5.91 Å². The molecular weight excluding hydrogens is 582 g/mol. The second kappa shape index (κ2) is 15.1. The van der Waals surface area contributed by atoms with E-state index in [1.54, 1.807) is 72.8 Å². The Morgan fingerprint density at radius 3 is 2.05 bits per heavy atom. The molecule has 0 bridgehead atoms. The molecule has 0 aliphatic rings. The van der Waals surface area contributed by atoms with E-state index in [0.717, 1.165) is 4.90 Å². The molecule has 0 heterocycles. The van der Waals surface area contributed by atoms with Gasteiger partial charge in [-0.15, -0.1) is 11.8 Å². The minimum atomic E-state index is -1.04. The Morgan fingerprint density at radius 2 is 1.41 bits per heavy atom. The third-order valence-corrected chi connectivity index (χ3v) is 7.17. The Kier molecular flexibility index (Phi) is 10.8. The Morgan fingerprint density at radius 1 is 0.750 bits per heavy atom. The molecule has 0 radical (unpaired) electrons. The summed E-state index contributed by atoms with van der Waals surface area (Å²) < 4.78 is 10.9. The number of hydrogen-bond acceptors (Lipinski definition) is 7. The first-order valence-electron chi connectivity index (χ1n) is 13.2. The van der Waals surface area contributed by atoms with E-state index in [1.165, 1.54) is 56.3 Å². The summed E-state index contributed by atoms with van der Waals surface area (Å²) in [5.41, 5.74) is 1.98. The van der Waals surface area contributed by atoms with E-state index >= 15 is 0 Å². The van der Waals surface area contributed by atoms with Crippen molar-refractivity contribution in [2.75, 3.05) is 30.6 Å². The van der Waals surface area contributed by atoms with Crippen LogP contribution in [-0.4, -0.2) is 48.8 Å². The monoisotopic (exact) mass is 611 g/mol. The lowest BCUT2D eigenvalue weighted by Gasteiger charge is -2.14. The summed E-state index contributed by atoms with van der Waals surface area (Å²) in [5, 5.41) is 17.2. The van der Waals surface area contributed by atoms with Gasteiger partial charge in [-0.1, -0.05) is 30.3 Å². The van der Waals surface area contributed by atoms with Crippen LogP contribution in [0.1, 0.15) is 26.3 Å². The smallest absolute Gasteiger partial charge is 0.335 e. The number of ether oxygens (including phenoxy) is 2. The van der Waals surface area contributed by atoms with Crippen LogP contribution in [0.3, 0.4) is 0 Å². The van der Waals surface area contributed by atoms with E-state index in [2.05, 4.69) is 16.0 Å². The number of rotatable bonds is 12. The number of carboxylic acid groups (broad SMARTS) is 1. The molecule has 0 fully saturated rings. The quantitative estimate of drug-likeness (QED) is 0.121. The van der Waals surface area contributed by atoms with Gasteiger partial charge in [0.15, 0.2) is 11.5 Å². The van der Waals surface area contributed by atoms with Gasteiger partial charge in [0, 0.05) is 27.4 Å². The van der Waals surface area contributed by atoms with Crippen LogP contribution in [0.2, 0.25) is 0 Å². The Hall–Kier alpha value is -5.55. The highest BCUT2D eigenvalue weighted by atomic mass is 32.2. The Balaban J connectivity index is 1.44. The van der Waals surface area contributed by atoms with Crippen molar-refractivity contribution in [3.63, 3.8) is 0 Å². The number of para-hydroxylation sites is 1. The fourth-order valence-electron chi connectivity index (χ4n) is 4.00. The lowest BCUT2D eigenvalue weighted by Crippen LogP contribution is -2.30. The standard InChI is InChI=1S/C33H29N3O7S/c1-42-28-10-6-9-23(30(28)43-2)19-27(36-31(38)21-7-4-3-5-8-21)32(39)35-25-15-17-26(18-16-25)44-20-29(37)34-24-13-11-22(12-14-24)33(40)41/h3-19H,20H2,1-2H3,(H,34,37)(H,35,39)(H,36,38)(H,40,41)/b27-19-. The molecule has 0 aliphatic carbocycles. The topological polar surface area (TPSA) is 143 Å². The molecule has 0 spiro atoms. The zero-order valence-electron chi connectivity index (χ0n) is 23.8. The molecule has 0 aromatic heterocycles. The second-order valence-corrected chi connectivity index (χ2v) is 10.2. The van der Waals surface area contributed by atoms with Crippen LogP contribution in [0.15, 0.2) is 108 Å². The van der Waals surface area contributed by atoms with Gasteiger partial charge >= 0.3 is 5.97 Å². The van der Waals surface area contributed by atoms with Crippen LogP contribution >= 0.6 is 11.8 Å². The van der Waals surface area contributed by atoms with Gasteiger partial charge in [-0.2, -0.15) is 0 Å². The van der Waals surface area contributed by atoms with Gasteiger partial charge in [-0.05, 0) is 72.8 Å². The summed E-state index contributed by atoms with van der Waals surface area (Å²) in [6, 6.07) is 26.5. The van der Waals surface area contributed by atoms with Gasteiger partial charge in [0.25, 0.3) is 11.8 Å². The third-order valence-electron chi connectivity index (χ3n) is 6.16. The molecular formula is C33H29N3O7S. The molecule has 4 aromatic carbocycles. The van der Waals surface area contributed by atoms with Gasteiger partial charge in [0.1, 0.15) is 5.70 Å². The van der Waals surface area contributed by atoms with Crippen molar-refractivity contribution in [1.29, 1.82) is 0 Å². The maximum atomic E-state index is 13.4. The highest BCUT2D eigenvalue weighted by Gasteiger charge is 2.17. The van der Waals surface area contributed by atoms with Crippen molar-refractivity contribution in [3.05, 3.63) is 119 Å². The number of thioether (sulfide) groups is 1. The SMILES string of the molecule is COc1cccc(/C=C(\NC(=O)c2ccccc2)C(=O)Nc2ccc(SCC(=O)Nc3ccc(C(=O)O)cc3)cc2)c1OC. The van der Waals surface area contributed by atoms with Crippen LogP contribution in [0.5, 0.6) is 11.5 Å². The maximum Gasteiger partial charge on any atom is 0.335 e. The van der Waals surface area contributed by atoms with Gasteiger partial charge in [-0.3, -0.25) is 14.4 Å². The first kappa shape index (κ1) is 31.4. The minimum absolute atomic E-state index is 0.0167. The number of aromatic carboxylic acids is 1. The maximum absolute atomic E-state index is 13.4. The third kappa shape index (κ3) is 8.49. The molecule has 4 aromatic rings. The van der Waals surface area contributed by atoms with Crippen molar-refractivity contribution in [2.24, 2.45) is 0 Å². The molecule has 44 heavy (non-hydrogen) atoms. The largest absolute Gasteiger partial charge is 0.493 e. The first-order chi connectivity index (χ1) is 21.3. The molecule has 0 saturated heterocycles. The molecule has 3 amide bonds. The van der Waals surface area contributed by atoms with E-state index in [4.69, 9.17) is 14.6 Å². The Bertz CT molecular complexity index is 1670. The fourth-order valence-corrected chi connectivity index (χ4v) is 4.70. The predicted molar refractivity (Wildman–Crippen MR) is 169 cm³/mol. The van der Waals surface area contributed by atoms with Crippen LogP contribution in [0, 0.1) is 0 Å². The molecule has 10 nitrogen and oxygen atoms in total. The highest BCUT2D eigenvalue weighted by Crippen LogP contribution is 2.32. The van der Waals surface area contributed by atoms with E-state index in [1.807, 2.05) is 0 Å².